The molecule has 6 aromatic rings. The zero-order valence-corrected chi connectivity index (χ0v) is 39.0. The highest BCUT2D eigenvalue weighted by Gasteiger charge is 2.52. The van der Waals surface area contributed by atoms with Gasteiger partial charge in [-0.15, -0.1) is 0 Å². The molecule has 9 nitrogen and oxygen atoms in total. The quantitative estimate of drug-likeness (QED) is 0.0755. The molecule has 0 amide bonds. The summed E-state index contributed by atoms with van der Waals surface area (Å²) in [6, 6.07) is 60.9. The molecule has 1 saturated heterocycles. The number of ether oxygens (including phenoxy) is 7. The summed E-state index contributed by atoms with van der Waals surface area (Å²) in [5.74, 6) is 0. The predicted molar refractivity (Wildman–Crippen MR) is 258 cm³/mol. The van der Waals surface area contributed by atoms with E-state index in [1.54, 1.807) is 6.26 Å². The van der Waals surface area contributed by atoms with Crippen LogP contribution in [0, 0.1) is 0 Å². The molecule has 0 aliphatic carbocycles. The fourth-order valence-corrected chi connectivity index (χ4v) is 13.5. The van der Waals surface area contributed by atoms with Gasteiger partial charge >= 0.3 is 0 Å². The lowest BCUT2D eigenvalue weighted by molar-refractivity contribution is -0.332. The summed E-state index contributed by atoms with van der Waals surface area (Å²) in [5, 5.41) is 14.5. The molecular weight excluding hydrogens is 845 g/mol. The first-order valence-electron chi connectivity index (χ1n) is 22.9. The maximum atomic E-state index is 12.4. The van der Waals surface area contributed by atoms with Crippen LogP contribution < -0.4 is 10.4 Å². The average molecular weight is 907 g/mol. The molecule has 0 aromatic heterocycles. The molecule has 2 aliphatic heterocycles. The van der Waals surface area contributed by atoms with Crippen molar-refractivity contribution in [2.45, 2.75) is 101 Å². The Morgan fingerprint density at radius 1 is 0.500 bits per heavy atom. The summed E-state index contributed by atoms with van der Waals surface area (Å²) >= 11 is 0. The molecule has 8 rings (SSSR count). The van der Waals surface area contributed by atoms with E-state index >= 15 is 0 Å². The van der Waals surface area contributed by atoms with Crippen molar-refractivity contribution in [3.8, 4) is 0 Å². The molecular formula is C56H62O9Si. The van der Waals surface area contributed by atoms with Crippen molar-refractivity contribution >= 4 is 18.7 Å². The number of hydrogen-bond donors (Lipinski definition) is 1. The summed E-state index contributed by atoms with van der Waals surface area (Å²) < 4.78 is 54.1. The fraction of sp³-hybridized carbons (Fsp3) is 0.321. The minimum Gasteiger partial charge on any atom is -0.493 e. The van der Waals surface area contributed by atoms with Crippen LogP contribution in [0.4, 0.5) is 0 Å². The second-order valence-electron chi connectivity index (χ2n) is 17.9. The van der Waals surface area contributed by atoms with E-state index < -0.39 is 57.3 Å². The molecule has 2 heterocycles. The van der Waals surface area contributed by atoms with Gasteiger partial charge in [0.15, 0.2) is 6.29 Å². The summed E-state index contributed by atoms with van der Waals surface area (Å²) in [6.45, 7) is 8.29. The second-order valence-corrected chi connectivity index (χ2v) is 22.2. The fourth-order valence-electron chi connectivity index (χ4n) is 8.91. The van der Waals surface area contributed by atoms with Crippen LogP contribution in [0.25, 0.3) is 0 Å². The van der Waals surface area contributed by atoms with Crippen LogP contribution in [-0.4, -0.2) is 75.7 Å². The molecule has 1 fully saturated rings. The second kappa shape index (κ2) is 23.0. The number of aliphatic hydroxyl groups is 1. The van der Waals surface area contributed by atoms with Gasteiger partial charge in [0, 0.05) is 0 Å². The van der Waals surface area contributed by atoms with Crippen molar-refractivity contribution in [1.29, 1.82) is 0 Å². The Balaban J connectivity index is 1.09. The first kappa shape index (κ1) is 47.3. The third kappa shape index (κ3) is 11.8. The van der Waals surface area contributed by atoms with Gasteiger partial charge in [-0.3, -0.25) is 0 Å². The van der Waals surface area contributed by atoms with Crippen molar-refractivity contribution < 1.29 is 42.7 Å². The van der Waals surface area contributed by atoms with Crippen LogP contribution in [0.5, 0.6) is 0 Å². The highest BCUT2D eigenvalue weighted by atomic mass is 28.4. The molecule has 8 atom stereocenters. The van der Waals surface area contributed by atoms with Gasteiger partial charge in [0.25, 0.3) is 8.32 Å². The first-order valence-corrected chi connectivity index (χ1v) is 24.8. The van der Waals surface area contributed by atoms with Crippen molar-refractivity contribution in [1.82, 2.24) is 0 Å². The van der Waals surface area contributed by atoms with Crippen LogP contribution in [0.2, 0.25) is 5.04 Å². The van der Waals surface area contributed by atoms with Crippen LogP contribution >= 0.6 is 0 Å². The summed E-state index contributed by atoms with van der Waals surface area (Å²) in [7, 11) is -2.97. The Morgan fingerprint density at radius 2 is 0.924 bits per heavy atom. The summed E-state index contributed by atoms with van der Waals surface area (Å²) in [5.41, 5.74) is 3.96. The van der Waals surface area contributed by atoms with Crippen molar-refractivity contribution in [2.24, 2.45) is 0 Å². The molecule has 6 aromatic carbocycles. The maximum Gasteiger partial charge on any atom is 0.261 e. The van der Waals surface area contributed by atoms with E-state index in [9.17, 15) is 5.11 Å². The molecule has 66 heavy (non-hydrogen) atoms. The maximum absolute atomic E-state index is 12.4. The minimum atomic E-state index is -2.97. The smallest absolute Gasteiger partial charge is 0.261 e. The van der Waals surface area contributed by atoms with Crippen LogP contribution in [0.15, 0.2) is 194 Å². The van der Waals surface area contributed by atoms with E-state index in [-0.39, 0.29) is 31.5 Å². The lowest BCUT2D eigenvalue weighted by Crippen LogP contribution is -2.67. The van der Waals surface area contributed by atoms with Gasteiger partial charge in [0.1, 0.15) is 42.7 Å². The predicted octanol–water partition coefficient (Wildman–Crippen LogP) is 8.92. The molecule has 344 valence electrons. The van der Waals surface area contributed by atoms with Gasteiger partial charge < -0.3 is 42.7 Å². The minimum absolute atomic E-state index is 0.151. The first-order chi connectivity index (χ1) is 32.3. The van der Waals surface area contributed by atoms with E-state index in [1.807, 2.05) is 140 Å². The van der Waals surface area contributed by atoms with Gasteiger partial charge in [-0.25, -0.2) is 0 Å². The molecule has 0 saturated carbocycles. The van der Waals surface area contributed by atoms with Crippen molar-refractivity contribution in [3.63, 3.8) is 0 Å². The van der Waals surface area contributed by atoms with Gasteiger partial charge in [-0.1, -0.05) is 203 Å². The largest absolute Gasteiger partial charge is 0.493 e. The Bertz CT molecular complexity index is 2290. The Morgan fingerprint density at radius 3 is 1.39 bits per heavy atom. The molecule has 1 N–H and O–H groups in total. The lowest BCUT2D eigenvalue weighted by atomic mass is 9.97. The highest BCUT2D eigenvalue weighted by Crippen LogP contribution is 2.38. The monoisotopic (exact) mass is 906 g/mol. The molecule has 2 aliphatic rings. The van der Waals surface area contributed by atoms with Crippen LogP contribution in [-0.2, 0) is 64.0 Å². The Hall–Kier alpha value is -5.24. The number of rotatable bonds is 20. The van der Waals surface area contributed by atoms with Crippen LogP contribution in [0.1, 0.15) is 43.0 Å². The third-order valence-electron chi connectivity index (χ3n) is 12.2. The van der Waals surface area contributed by atoms with E-state index in [2.05, 4.69) is 69.3 Å². The summed E-state index contributed by atoms with van der Waals surface area (Å²) in [6.07, 6.45) is -3.22. The van der Waals surface area contributed by atoms with Gasteiger partial charge in [0.05, 0.1) is 45.9 Å². The van der Waals surface area contributed by atoms with E-state index in [4.69, 9.17) is 37.6 Å². The number of benzene rings is 6. The molecule has 0 unspecified atom stereocenters. The zero-order chi connectivity index (χ0) is 45.6. The Kier molecular flexibility index (Phi) is 16.5. The standard InChI is InChI=1S/C56H62O9Si/c1-56(2,3)66(46-30-18-8-19-31-46,47-32-20-9-21-33-47)63-41-49-52(60-37-43-24-12-5-13-25-43)48(34-35-59-49)64-55-51(57)54(62-39-45-28-16-7-17-29-45)53(61-38-44-26-14-6-15-27-44)50(65-55)40-58-36-42-22-10-4-11-23-42/h4-35,48-55,57H,36-41H2,1-3H3/t48-,49-,50-,51-,52+,53-,54-,55-/m1/s1. The van der Waals surface area contributed by atoms with Gasteiger partial charge in [-0.2, -0.15) is 0 Å². The number of aliphatic hydroxyl groups excluding tert-OH is 1. The Labute approximate surface area is 391 Å². The summed E-state index contributed by atoms with van der Waals surface area (Å²) in [4.78, 5) is 0. The van der Waals surface area contributed by atoms with E-state index in [0.717, 1.165) is 32.6 Å². The lowest BCUT2D eigenvalue weighted by Gasteiger charge is -2.46. The topological polar surface area (TPSA) is 94.1 Å². The zero-order valence-electron chi connectivity index (χ0n) is 38.0. The van der Waals surface area contributed by atoms with Crippen LogP contribution in [0.3, 0.4) is 0 Å². The normalized spacial score (nSPS) is 23.3. The average Bonchev–Trinajstić information content (AvgIpc) is 3.35. The SMILES string of the molecule is CC(C)(C)[Si](OC[C@H]1OC=C[C@@H](O[C@@H]2O[C@H](COCc3ccccc3)[C@@H](OCc3ccccc3)[C@H](OCc3ccccc3)[C@H]2O)[C@@H]1OCc1ccccc1)(c1ccccc1)c1ccccc1. The highest BCUT2D eigenvalue weighted by molar-refractivity contribution is 6.99. The molecule has 0 spiro atoms. The number of hydrogen-bond acceptors (Lipinski definition) is 9. The molecule has 0 bridgehead atoms. The van der Waals surface area contributed by atoms with Crippen molar-refractivity contribution in [2.75, 3.05) is 13.2 Å². The van der Waals surface area contributed by atoms with Gasteiger partial charge in [-0.05, 0) is 43.7 Å². The third-order valence-corrected chi connectivity index (χ3v) is 17.3. The molecule has 0 radical (unpaired) electrons. The van der Waals surface area contributed by atoms with E-state index in [1.165, 1.54) is 0 Å². The molecule has 10 heteroatoms. The van der Waals surface area contributed by atoms with Gasteiger partial charge in [0.2, 0.25) is 0 Å². The van der Waals surface area contributed by atoms with E-state index in [0.29, 0.717) is 13.2 Å². The van der Waals surface area contributed by atoms with Crippen molar-refractivity contribution in [3.05, 3.63) is 217 Å².